The number of fused-ring (bicyclic) bond motifs is 1. The molecule has 0 saturated heterocycles. The molecular formula is C27H24ClN3O2. The van der Waals surface area contributed by atoms with Gasteiger partial charge in [-0.05, 0) is 66.3 Å². The fourth-order valence-electron chi connectivity index (χ4n) is 4.53. The molecule has 166 valence electrons. The van der Waals surface area contributed by atoms with Gasteiger partial charge < -0.3 is 10.1 Å². The molecule has 6 heteroatoms. The van der Waals surface area contributed by atoms with Gasteiger partial charge in [-0.25, -0.2) is 4.98 Å². The van der Waals surface area contributed by atoms with Crippen LogP contribution in [0.15, 0.2) is 79.3 Å². The number of benzene rings is 3. The van der Waals surface area contributed by atoms with Crippen LogP contribution in [0.1, 0.15) is 40.5 Å². The minimum atomic E-state index is -0.139. The van der Waals surface area contributed by atoms with Gasteiger partial charge in [0.15, 0.2) is 0 Å². The van der Waals surface area contributed by atoms with E-state index >= 15 is 0 Å². The van der Waals surface area contributed by atoms with E-state index in [1.54, 1.807) is 25.7 Å². The SMILES string of the molecule is COc1ccc(Cl)cc1-c1cccc(-n2cncc2C(=O)NC2CCCc3ccccc32)c1. The number of imidazole rings is 1. The van der Waals surface area contributed by atoms with Gasteiger partial charge in [-0.1, -0.05) is 48.0 Å². The molecule has 5 nitrogen and oxygen atoms in total. The first-order valence-corrected chi connectivity index (χ1v) is 11.4. The van der Waals surface area contributed by atoms with Gasteiger partial charge in [0.05, 0.1) is 25.7 Å². The van der Waals surface area contributed by atoms with Crippen LogP contribution >= 0.6 is 11.6 Å². The molecule has 0 fully saturated rings. The van der Waals surface area contributed by atoms with E-state index in [-0.39, 0.29) is 11.9 Å². The third-order valence-corrected chi connectivity index (χ3v) is 6.38. The molecule has 0 bridgehead atoms. The smallest absolute Gasteiger partial charge is 0.270 e. The fourth-order valence-corrected chi connectivity index (χ4v) is 4.71. The van der Waals surface area contributed by atoms with Gasteiger partial charge >= 0.3 is 0 Å². The van der Waals surface area contributed by atoms with Crippen LogP contribution in [0.5, 0.6) is 5.75 Å². The van der Waals surface area contributed by atoms with Gasteiger partial charge in [0, 0.05) is 16.3 Å². The lowest BCUT2D eigenvalue weighted by molar-refractivity contribution is 0.0926. The summed E-state index contributed by atoms with van der Waals surface area (Å²) < 4.78 is 7.33. The number of aryl methyl sites for hydroxylation is 1. The second kappa shape index (κ2) is 9.12. The molecule has 0 spiro atoms. The Morgan fingerprint density at radius 3 is 2.88 bits per heavy atom. The lowest BCUT2D eigenvalue weighted by Crippen LogP contribution is -2.32. The molecule has 4 aromatic rings. The standard InChI is InChI=1S/C27H24ClN3O2/c1-33-26-13-12-20(28)15-23(26)19-8-4-9-21(14-19)31-17-29-16-25(31)27(32)30-24-11-5-7-18-6-2-3-10-22(18)24/h2-4,6,8-10,12-17,24H,5,7,11H2,1H3,(H,30,32). The maximum atomic E-state index is 13.3. The van der Waals surface area contributed by atoms with Gasteiger partial charge in [-0.3, -0.25) is 9.36 Å². The largest absolute Gasteiger partial charge is 0.496 e. The van der Waals surface area contributed by atoms with Crippen LogP contribution in [0.25, 0.3) is 16.8 Å². The van der Waals surface area contributed by atoms with Crippen molar-refractivity contribution >= 4 is 17.5 Å². The number of aromatic nitrogens is 2. The van der Waals surface area contributed by atoms with Crippen molar-refractivity contribution in [3.05, 3.63) is 101 Å². The Kier molecular flexibility index (Phi) is 5.88. The summed E-state index contributed by atoms with van der Waals surface area (Å²) in [6.07, 6.45) is 6.32. The van der Waals surface area contributed by atoms with Gasteiger partial charge in [0.25, 0.3) is 5.91 Å². The lowest BCUT2D eigenvalue weighted by Gasteiger charge is -2.26. The average Bonchev–Trinajstić information content (AvgIpc) is 3.35. The number of ether oxygens (including phenoxy) is 1. The number of carbonyl (C=O) groups excluding carboxylic acids is 1. The first-order valence-electron chi connectivity index (χ1n) is 11.0. The van der Waals surface area contributed by atoms with Gasteiger partial charge in [-0.15, -0.1) is 0 Å². The van der Waals surface area contributed by atoms with E-state index in [1.165, 1.54) is 11.1 Å². The van der Waals surface area contributed by atoms with Crippen LogP contribution in [0.3, 0.4) is 0 Å². The monoisotopic (exact) mass is 457 g/mol. The van der Waals surface area contributed by atoms with E-state index in [9.17, 15) is 4.79 Å². The molecule has 1 aliphatic rings. The third-order valence-electron chi connectivity index (χ3n) is 6.14. The van der Waals surface area contributed by atoms with E-state index in [0.29, 0.717) is 10.7 Å². The molecule has 1 unspecified atom stereocenters. The Balaban J connectivity index is 1.45. The summed E-state index contributed by atoms with van der Waals surface area (Å²) in [6.45, 7) is 0. The summed E-state index contributed by atoms with van der Waals surface area (Å²) >= 11 is 6.23. The molecule has 1 N–H and O–H groups in total. The molecule has 3 aromatic carbocycles. The molecule has 5 rings (SSSR count). The van der Waals surface area contributed by atoms with Crippen molar-refractivity contribution in [2.45, 2.75) is 25.3 Å². The third kappa shape index (κ3) is 4.24. The van der Waals surface area contributed by atoms with Gasteiger partial charge in [0.2, 0.25) is 0 Å². The molecule has 33 heavy (non-hydrogen) atoms. The first-order chi connectivity index (χ1) is 16.1. The Hall–Kier alpha value is -3.57. The van der Waals surface area contributed by atoms with Crippen LogP contribution in [0.4, 0.5) is 0 Å². The van der Waals surface area contributed by atoms with E-state index in [4.69, 9.17) is 16.3 Å². The number of nitrogens with zero attached hydrogens (tertiary/aromatic N) is 2. The quantitative estimate of drug-likeness (QED) is 0.399. The Morgan fingerprint density at radius 2 is 2.00 bits per heavy atom. The highest BCUT2D eigenvalue weighted by Gasteiger charge is 2.23. The first kappa shape index (κ1) is 21.3. The molecule has 0 saturated carbocycles. The van der Waals surface area contributed by atoms with E-state index in [2.05, 4.69) is 28.5 Å². The highest BCUT2D eigenvalue weighted by Crippen LogP contribution is 2.34. The summed E-state index contributed by atoms with van der Waals surface area (Å²) in [6, 6.07) is 21.8. The van der Waals surface area contributed by atoms with Crippen LogP contribution in [0, 0.1) is 0 Å². The summed E-state index contributed by atoms with van der Waals surface area (Å²) in [7, 11) is 1.64. The number of carbonyl (C=O) groups is 1. The lowest BCUT2D eigenvalue weighted by atomic mass is 9.88. The number of amides is 1. The second-order valence-corrected chi connectivity index (χ2v) is 8.60. The number of hydrogen-bond acceptors (Lipinski definition) is 3. The summed E-state index contributed by atoms with van der Waals surface area (Å²) in [4.78, 5) is 17.5. The van der Waals surface area contributed by atoms with Crippen molar-refractivity contribution < 1.29 is 9.53 Å². The van der Waals surface area contributed by atoms with Crippen LogP contribution in [-0.2, 0) is 6.42 Å². The van der Waals surface area contributed by atoms with Crippen LogP contribution in [-0.4, -0.2) is 22.6 Å². The number of halogens is 1. The summed E-state index contributed by atoms with van der Waals surface area (Å²) in [5.41, 5.74) is 5.67. The minimum absolute atomic E-state index is 0.00727. The Bertz CT molecular complexity index is 1310. The molecule has 1 aliphatic carbocycles. The van der Waals surface area contributed by atoms with Gasteiger partial charge in [-0.2, -0.15) is 0 Å². The minimum Gasteiger partial charge on any atom is -0.496 e. The van der Waals surface area contributed by atoms with Crippen molar-refractivity contribution in [3.8, 4) is 22.6 Å². The zero-order valence-corrected chi connectivity index (χ0v) is 19.0. The fraction of sp³-hybridized carbons (Fsp3) is 0.185. The van der Waals surface area contributed by atoms with E-state index in [1.807, 2.05) is 47.0 Å². The maximum absolute atomic E-state index is 13.3. The average molecular weight is 458 g/mol. The molecule has 0 radical (unpaired) electrons. The van der Waals surface area contributed by atoms with Crippen molar-refractivity contribution in [1.82, 2.24) is 14.9 Å². The zero-order valence-electron chi connectivity index (χ0n) is 18.3. The predicted molar refractivity (Wildman–Crippen MR) is 130 cm³/mol. The van der Waals surface area contributed by atoms with Crippen molar-refractivity contribution in [2.75, 3.05) is 7.11 Å². The number of hydrogen-bond donors (Lipinski definition) is 1. The second-order valence-electron chi connectivity index (χ2n) is 8.16. The number of nitrogens with one attached hydrogen (secondary N) is 1. The van der Waals surface area contributed by atoms with E-state index < -0.39 is 0 Å². The maximum Gasteiger partial charge on any atom is 0.270 e. The highest BCUT2D eigenvalue weighted by atomic mass is 35.5. The van der Waals surface area contributed by atoms with Crippen molar-refractivity contribution in [1.29, 1.82) is 0 Å². The molecule has 1 aromatic heterocycles. The number of rotatable bonds is 5. The summed E-state index contributed by atoms with van der Waals surface area (Å²) in [5, 5.41) is 3.85. The van der Waals surface area contributed by atoms with Crippen LogP contribution in [0.2, 0.25) is 5.02 Å². The molecule has 1 atom stereocenters. The topological polar surface area (TPSA) is 56.2 Å². The Labute approximate surface area is 198 Å². The number of methoxy groups -OCH3 is 1. The van der Waals surface area contributed by atoms with Gasteiger partial charge in [0.1, 0.15) is 11.4 Å². The van der Waals surface area contributed by atoms with E-state index in [0.717, 1.165) is 41.8 Å². The van der Waals surface area contributed by atoms with Crippen molar-refractivity contribution in [2.24, 2.45) is 0 Å². The highest BCUT2D eigenvalue weighted by molar-refractivity contribution is 6.31. The molecule has 1 amide bonds. The molecular weight excluding hydrogens is 434 g/mol. The Morgan fingerprint density at radius 1 is 1.12 bits per heavy atom. The predicted octanol–water partition coefficient (Wildman–Crippen LogP) is 6.01. The zero-order chi connectivity index (χ0) is 22.8. The van der Waals surface area contributed by atoms with Crippen molar-refractivity contribution in [3.63, 3.8) is 0 Å². The van der Waals surface area contributed by atoms with Crippen LogP contribution < -0.4 is 10.1 Å². The summed E-state index contributed by atoms with van der Waals surface area (Å²) in [5.74, 6) is 0.594. The molecule has 0 aliphatic heterocycles. The molecule has 1 heterocycles. The normalized spacial score (nSPS) is 15.0.